The smallest absolute Gasteiger partial charge is 0.408 e. The van der Waals surface area contributed by atoms with Crippen LogP contribution in [-0.2, 0) is 37.0 Å². The van der Waals surface area contributed by atoms with Crippen molar-refractivity contribution >= 4 is 35.4 Å². The first kappa shape index (κ1) is 38.8. The van der Waals surface area contributed by atoms with Crippen molar-refractivity contribution in [2.45, 2.75) is 56.3 Å². The summed E-state index contributed by atoms with van der Waals surface area (Å²) in [5, 5.41) is 12.7. The molecule has 2 N–H and O–H groups in total. The van der Waals surface area contributed by atoms with Crippen molar-refractivity contribution < 1.29 is 38.1 Å². The normalized spacial score (nSPS) is 20.6. The third-order valence-corrected chi connectivity index (χ3v) is 11.2. The van der Waals surface area contributed by atoms with Gasteiger partial charge < -0.3 is 29.1 Å². The lowest BCUT2D eigenvalue weighted by molar-refractivity contribution is -0.268. The molecule has 0 bridgehead atoms. The van der Waals surface area contributed by atoms with Gasteiger partial charge in [0.15, 0.2) is 12.1 Å². The highest BCUT2D eigenvalue weighted by Crippen LogP contribution is 2.44. The number of carbonyl (C=O) groups is 3. The van der Waals surface area contributed by atoms with Gasteiger partial charge in [0.2, 0.25) is 5.91 Å². The summed E-state index contributed by atoms with van der Waals surface area (Å²) >= 11 is 1.47. The van der Waals surface area contributed by atoms with E-state index in [1.807, 2.05) is 115 Å². The molecule has 2 saturated heterocycles. The van der Waals surface area contributed by atoms with Gasteiger partial charge in [-0.3, -0.25) is 9.59 Å². The molecule has 2 aliphatic rings. The highest BCUT2D eigenvalue weighted by molar-refractivity contribution is 7.99. The number of aliphatic hydroxyl groups is 1. The van der Waals surface area contributed by atoms with E-state index in [2.05, 4.69) is 12.2 Å². The molecular formula is C46H41N3O8S. The summed E-state index contributed by atoms with van der Waals surface area (Å²) in [4.78, 5) is 44.9. The van der Waals surface area contributed by atoms with Gasteiger partial charge in [-0.25, -0.2) is 14.7 Å². The number of hydrogen-bond acceptors (Lipinski definition) is 10. The number of thioether (sulfide) groups is 1. The number of aliphatic hydroxyl groups excluding tert-OH is 1. The van der Waals surface area contributed by atoms with Crippen LogP contribution in [0.2, 0.25) is 0 Å². The van der Waals surface area contributed by atoms with Gasteiger partial charge in [-0.2, -0.15) is 0 Å². The number of hydrogen-bond donors (Lipinski definition) is 2. The molecule has 5 unspecified atom stereocenters. The number of ether oxygens (including phenoxy) is 3. The fourth-order valence-corrected chi connectivity index (χ4v) is 8.09. The molecule has 0 radical (unpaired) electrons. The molecule has 0 aliphatic carbocycles. The first-order valence-corrected chi connectivity index (χ1v) is 20.0. The Morgan fingerprint density at radius 3 is 2.12 bits per heavy atom. The van der Waals surface area contributed by atoms with Crippen molar-refractivity contribution in [3.63, 3.8) is 0 Å². The second-order valence-corrected chi connectivity index (χ2v) is 15.1. The van der Waals surface area contributed by atoms with Crippen LogP contribution in [0.5, 0.6) is 0 Å². The average molecular weight is 796 g/mol. The molecule has 5 atom stereocenters. The van der Waals surface area contributed by atoms with E-state index in [0.29, 0.717) is 28.0 Å². The van der Waals surface area contributed by atoms with Crippen LogP contribution in [-0.4, -0.2) is 45.9 Å². The monoisotopic (exact) mass is 795 g/mol. The van der Waals surface area contributed by atoms with E-state index in [9.17, 15) is 19.5 Å². The number of imide groups is 1. The van der Waals surface area contributed by atoms with E-state index >= 15 is 0 Å². The Balaban J connectivity index is 0.992. The fraction of sp³-hybridized carbons (Fsp3) is 0.217. The minimum atomic E-state index is -1.05. The number of nitrogens with one attached hydrogen (secondary N) is 1. The van der Waals surface area contributed by atoms with Gasteiger partial charge >= 0.3 is 6.09 Å². The number of amides is 3. The van der Waals surface area contributed by atoms with Crippen LogP contribution in [0, 0.1) is 5.92 Å². The molecule has 8 rings (SSSR count). The number of rotatable bonds is 12. The minimum absolute atomic E-state index is 0.0370. The molecule has 5 aromatic carbocycles. The molecule has 2 aliphatic heterocycles. The maximum atomic E-state index is 13.4. The Morgan fingerprint density at radius 2 is 1.45 bits per heavy atom. The number of alkyl carbamates (subject to hydrolysis) is 1. The van der Waals surface area contributed by atoms with Crippen molar-refractivity contribution in [3.8, 4) is 22.6 Å². The van der Waals surface area contributed by atoms with E-state index in [1.54, 1.807) is 24.3 Å². The number of nitrogens with zero attached hydrogens (tertiary/aromatic N) is 2. The van der Waals surface area contributed by atoms with Gasteiger partial charge in [0.25, 0.3) is 11.1 Å². The molecule has 0 saturated carbocycles. The summed E-state index contributed by atoms with van der Waals surface area (Å²) < 4.78 is 25.0. The quantitative estimate of drug-likeness (QED) is 0.0914. The summed E-state index contributed by atoms with van der Waals surface area (Å²) in [6.45, 7) is 2.05. The predicted octanol–water partition coefficient (Wildman–Crippen LogP) is 8.64. The molecule has 3 heterocycles. The van der Waals surface area contributed by atoms with E-state index < -0.39 is 30.2 Å². The predicted molar refractivity (Wildman–Crippen MR) is 218 cm³/mol. The van der Waals surface area contributed by atoms with Crippen molar-refractivity contribution in [3.05, 3.63) is 162 Å². The van der Waals surface area contributed by atoms with Crippen molar-refractivity contribution in [2.24, 2.45) is 5.92 Å². The molecule has 11 nitrogen and oxygen atoms in total. The van der Waals surface area contributed by atoms with Crippen LogP contribution in [0.15, 0.2) is 149 Å². The Labute approximate surface area is 340 Å². The second kappa shape index (κ2) is 17.6. The molecule has 1 aromatic heterocycles. The van der Waals surface area contributed by atoms with Gasteiger partial charge in [0.1, 0.15) is 18.3 Å². The third kappa shape index (κ3) is 8.60. The SMILES string of the molecule is CC1C(CSc2nc(-c3ccccc3)c(-c3ccccc3)o2)OC(c2ccc(N3C(=O)CC(NC(=O)OCc4ccccc4)C3=O)cc2)OC1c1ccc(CO)cc1. The Morgan fingerprint density at radius 1 is 0.810 bits per heavy atom. The standard InChI is InChI=1S/C46H41N3O8S/c1-29-38(28-58-46-48-40(32-13-7-3-8-14-32)42(57-46)33-15-9-4-10-16-33)55-44(56-41(29)34-19-17-30(26-50)18-20-34)35-21-23-36(24-22-35)49-39(51)25-37(43(49)52)47-45(53)54-27-31-11-5-2-6-12-31/h2-24,29,37-38,41,44,50H,25-28H2,1H3,(H,47,53). The minimum Gasteiger partial charge on any atom is -0.445 e. The number of benzene rings is 5. The molecule has 294 valence electrons. The summed E-state index contributed by atoms with van der Waals surface area (Å²) in [6.07, 6.45) is -2.43. The lowest BCUT2D eigenvalue weighted by atomic mass is 9.91. The van der Waals surface area contributed by atoms with Gasteiger partial charge in [0.05, 0.1) is 30.9 Å². The van der Waals surface area contributed by atoms with Crippen LogP contribution < -0.4 is 10.2 Å². The highest BCUT2D eigenvalue weighted by Gasteiger charge is 2.42. The zero-order chi connectivity index (χ0) is 40.0. The maximum Gasteiger partial charge on any atom is 0.408 e. The first-order valence-electron chi connectivity index (χ1n) is 19.0. The van der Waals surface area contributed by atoms with E-state index in [1.165, 1.54) is 11.8 Å². The average Bonchev–Trinajstić information content (AvgIpc) is 3.83. The van der Waals surface area contributed by atoms with Gasteiger partial charge in [0, 0.05) is 28.4 Å². The van der Waals surface area contributed by atoms with E-state index in [4.69, 9.17) is 23.6 Å². The zero-order valence-electron chi connectivity index (χ0n) is 31.6. The fourth-order valence-electron chi connectivity index (χ4n) is 7.11. The second-order valence-electron chi connectivity index (χ2n) is 14.1. The number of carbonyl (C=O) groups excluding carboxylic acids is 3. The summed E-state index contributed by atoms with van der Waals surface area (Å²) in [6, 6.07) is 42.6. The first-order chi connectivity index (χ1) is 28.3. The topological polar surface area (TPSA) is 140 Å². The number of anilines is 1. The maximum absolute atomic E-state index is 13.4. The van der Waals surface area contributed by atoms with Crippen LogP contribution >= 0.6 is 11.8 Å². The zero-order valence-corrected chi connectivity index (χ0v) is 32.4. The van der Waals surface area contributed by atoms with Crippen LogP contribution in [0.1, 0.15) is 48.0 Å². The van der Waals surface area contributed by atoms with Crippen molar-refractivity contribution in [1.29, 1.82) is 0 Å². The molecule has 0 spiro atoms. The van der Waals surface area contributed by atoms with Gasteiger partial charge in [-0.05, 0) is 28.8 Å². The Kier molecular flexibility index (Phi) is 11.8. The van der Waals surface area contributed by atoms with E-state index in [0.717, 1.165) is 38.4 Å². The summed E-state index contributed by atoms with van der Waals surface area (Å²) in [7, 11) is 0. The molecule has 58 heavy (non-hydrogen) atoms. The largest absolute Gasteiger partial charge is 0.445 e. The molecule has 6 aromatic rings. The van der Waals surface area contributed by atoms with Crippen LogP contribution in [0.3, 0.4) is 0 Å². The van der Waals surface area contributed by atoms with Crippen molar-refractivity contribution in [1.82, 2.24) is 10.3 Å². The van der Waals surface area contributed by atoms with Gasteiger partial charge in [-0.15, -0.1) is 0 Å². The Hall–Kier alpha value is -6.05. The lowest BCUT2D eigenvalue weighted by Gasteiger charge is -2.41. The molecular weight excluding hydrogens is 755 g/mol. The highest BCUT2D eigenvalue weighted by atomic mass is 32.2. The lowest BCUT2D eigenvalue weighted by Crippen LogP contribution is -2.42. The molecule has 12 heteroatoms. The van der Waals surface area contributed by atoms with Crippen molar-refractivity contribution in [2.75, 3.05) is 10.7 Å². The van der Waals surface area contributed by atoms with Crippen LogP contribution in [0.25, 0.3) is 22.6 Å². The third-order valence-electron chi connectivity index (χ3n) is 10.3. The number of aromatic nitrogens is 1. The van der Waals surface area contributed by atoms with E-state index in [-0.39, 0.29) is 37.8 Å². The van der Waals surface area contributed by atoms with Gasteiger partial charge in [-0.1, -0.05) is 146 Å². The van der Waals surface area contributed by atoms with Crippen LogP contribution in [0.4, 0.5) is 10.5 Å². The number of oxazole rings is 1. The Bertz CT molecular complexity index is 2280. The summed E-state index contributed by atoms with van der Waals surface area (Å²) in [5.41, 5.74) is 6.22. The molecule has 2 fully saturated rings. The summed E-state index contributed by atoms with van der Waals surface area (Å²) in [5.74, 6) is 0.117. The molecule has 3 amide bonds.